The zero-order valence-corrected chi connectivity index (χ0v) is 14.2. The Hall–Kier alpha value is -0.0800. The Balaban J connectivity index is 1.59. The second kappa shape index (κ2) is 7.97. The largest absolute Gasteiger partial charge is 0.312 e. The smallest absolute Gasteiger partial charge is 0.0223 e. The van der Waals surface area contributed by atoms with Crippen molar-refractivity contribution in [2.75, 3.05) is 19.6 Å². The van der Waals surface area contributed by atoms with Crippen LogP contribution in [0.1, 0.15) is 77.6 Å². The molecule has 3 aliphatic rings. The standard InChI is InChI=1S/C19H36N2/c1-2-13-20-18(16-8-4-3-5-9-16)15-21-14-7-11-17-10-6-12-19(17)21/h16-20H,2-15H2,1H3. The normalized spacial score (nSPS) is 33.0. The van der Waals surface area contributed by atoms with Crippen molar-refractivity contribution in [2.24, 2.45) is 11.8 Å². The molecule has 21 heavy (non-hydrogen) atoms. The summed E-state index contributed by atoms with van der Waals surface area (Å²) < 4.78 is 0. The third-order valence-electron chi connectivity index (χ3n) is 6.41. The SMILES string of the molecule is CCCNC(CN1CCCC2CCCC21)C1CCCCC1. The molecular formula is C19H36N2. The highest BCUT2D eigenvalue weighted by molar-refractivity contribution is 4.92. The van der Waals surface area contributed by atoms with Crippen molar-refractivity contribution in [3.05, 3.63) is 0 Å². The lowest BCUT2D eigenvalue weighted by Crippen LogP contribution is -2.52. The molecule has 3 fully saturated rings. The maximum absolute atomic E-state index is 3.92. The van der Waals surface area contributed by atoms with Crippen molar-refractivity contribution in [1.29, 1.82) is 0 Å². The molecule has 1 saturated heterocycles. The number of fused-ring (bicyclic) bond motifs is 1. The molecule has 2 heteroatoms. The first-order chi connectivity index (χ1) is 10.4. The summed E-state index contributed by atoms with van der Waals surface area (Å²) in [7, 11) is 0. The first kappa shape index (κ1) is 15.8. The molecule has 2 aliphatic carbocycles. The fourth-order valence-corrected chi connectivity index (χ4v) is 5.28. The first-order valence-corrected chi connectivity index (χ1v) is 9.86. The second-order valence-electron chi connectivity index (χ2n) is 7.85. The summed E-state index contributed by atoms with van der Waals surface area (Å²) >= 11 is 0. The molecule has 0 spiro atoms. The number of hydrogen-bond acceptors (Lipinski definition) is 2. The third-order valence-corrected chi connectivity index (χ3v) is 6.41. The Bertz CT molecular complexity index is 298. The average molecular weight is 293 g/mol. The molecule has 3 atom stereocenters. The van der Waals surface area contributed by atoms with Crippen LogP contribution in [0.3, 0.4) is 0 Å². The topological polar surface area (TPSA) is 15.3 Å². The molecule has 0 bridgehead atoms. The van der Waals surface area contributed by atoms with Gasteiger partial charge in [-0.25, -0.2) is 0 Å². The predicted molar refractivity (Wildman–Crippen MR) is 90.6 cm³/mol. The van der Waals surface area contributed by atoms with E-state index < -0.39 is 0 Å². The van der Waals surface area contributed by atoms with Crippen LogP contribution in [-0.2, 0) is 0 Å². The lowest BCUT2D eigenvalue weighted by Gasteiger charge is -2.42. The second-order valence-corrected chi connectivity index (χ2v) is 7.85. The lowest BCUT2D eigenvalue weighted by molar-refractivity contribution is 0.0853. The van der Waals surface area contributed by atoms with Crippen molar-refractivity contribution >= 4 is 0 Å². The van der Waals surface area contributed by atoms with Gasteiger partial charge in [-0.2, -0.15) is 0 Å². The highest BCUT2D eigenvalue weighted by Gasteiger charge is 2.36. The van der Waals surface area contributed by atoms with Gasteiger partial charge in [0.15, 0.2) is 0 Å². The van der Waals surface area contributed by atoms with Gasteiger partial charge in [-0.05, 0) is 69.9 Å². The predicted octanol–water partition coefficient (Wildman–Crippen LogP) is 4.20. The molecule has 0 radical (unpaired) electrons. The maximum Gasteiger partial charge on any atom is 0.0223 e. The Morgan fingerprint density at radius 2 is 1.76 bits per heavy atom. The summed E-state index contributed by atoms with van der Waals surface area (Å²) in [6, 6.07) is 1.71. The van der Waals surface area contributed by atoms with Gasteiger partial charge in [-0.1, -0.05) is 32.6 Å². The average Bonchev–Trinajstić information content (AvgIpc) is 3.01. The number of rotatable bonds is 6. The summed E-state index contributed by atoms with van der Waals surface area (Å²) in [5.41, 5.74) is 0. The van der Waals surface area contributed by atoms with Gasteiger partial charge >= 0.3 is 0 Å². The van der Waals surface area contributed by atoms with Gasteiger partial charge in [0.2, 0.25) is 0 Å². The van der Waals surface area contributed by atoms with Crippen LogP contribution in [0.4, 0.5) is 0 Å². The fourth-order valence-electron chi connectivity index (χ4n) is 5.28. The fraction of sp³-hybridized carbons (Fsp3) is 1.00. The summed E-state index contributed by atoms with van der Waals surface area (Å²) in [6.07, 6.45) is 16.1. The molecule has 0 aromatic rings. The van der Waals surface area contributed by atoms with Gasteiger partial charge in [-0.3, -0.25) is 4.90 Å². The Labute approximate surface area is 132 Å². The van der Waals surface area contributed by atoms with Crippen molar-refractivity contribution in [3.63, 3.8) is 0 Å². The van der Waals surface area contributed by atoms with E-state index in [9.17, 15) is 0 Å². The molecule has 1 N–H and O–H groups in total. The minimum Gasteiger partial charge on any atom is -0.312 e. The number of likely N-dealkylation sites (tertiary alicyclic amines) is 1. The molecule has 3 unspecified atom stereocenters. The molecular weight excluding hydrogens is 256 g/mol. The first-order valence-electron chi connectivity index (χ1n) is 9.86. The van der Waals surface area contributed by atoms with Gasteiger partial charge in [0.25, 0.3) is 0 Å². The number of piperidine rings is 1. The van der Waals surface area contributed by atoms with Crippen molar-refractivity contribution in [1.82, 2.24) is 10.2 Å². The molecule has 0 aromatic heterocycles. The summed E-state index contributed by atoms with van der Waals surface area (Å²) in [5, 5.41) is 3.92. The van der Waals surface area contributed by atoms with Crippen molar-refractivity contribution < 1.29 is 0 Å². The molecule has 0 aromatic carbocycles. The van der Waals surface area contributed by atoms with Gasteiger partial charge in [0.05, 0.1) is 0 Å². The van der Waals surface area contributed by atoms with Crippen LogP contribution in [0.5, 0.6) is 0 Å². The van der Waals surface area contributed by atoms with Gasteiger partial charge < -0.3 is 5.32 Å². The van der Waals surface area contributed by atoms with Crippen LogP contribution >= 0.6 is 0 Å². The maximum atomic E-state index is 3.92. The Morgan fingerprint density at radius 1 is 0.952 bits per heavy atom. The van der Waals surface area contributed by atoms with E-state index in [1.807, 2.05) is 0 Å². The number of nitrogens with zero attached hydrogens (tertiary/aromatic N) is 1. The molecule has 1 heterocycles. The third kappa shape index (κ3) is 4.01. The minimum absolute atomic E-state index is 0.768. The van der Waals surface area contributed by atoms with Crippen LogP contribution in [0.25, 0.3) is 0 Å². The van der Waals surface area contributed by atoms with E-state index in [1.165, 1.54) is 90.3 Å². The molecule has 0 amide bonds. The molecule has 2 saturated carbocycles. The quantitative estimate of drug-likeness (QED) is 0.789. The molecule has 122 valence electrons. The highest BCUT2D eigenvalue weighted by Crippen LogP contribution is 2.37. The molecule has 1 aliphatic heterocycles. The van der Waals surface area contributed by atoms with E-state index in [4.69, 9.17) is 0 Å². The number of hydrogen-bond donors (Lipinski definition) is 1. The highest BCUT2D eigenvalue weighted by atomic mass is 15.2. The van der Waals surface area contributed by atoms with Crippen LogP contribution < -0.4 is 5.32 Å². The minimum atomic E-state index is 0.768. The van der Waals surface area contributed by atoms with E-state index >= 15 is 0 Å². The Kier molecular flexibility index (Phi) is 5.99. The van der Waals surface area contributed by atoms with Crippen LogP contribution in [0.15, 0.2) is 0 Å². The van der Waals surface area contributed by atoms with Gasteiger partial charge in [0, 0.05) is 18.6 Å². The van der Waals surface area contributed by atoms with E-state index in [2.05, 4.69) is 17.1 Å². The van der Waals surface area contributed by atoms with E-state index in [0.717, 1.165) is 23.9 Å². The van der Waals surface area contributed by atoms with Gasteiger partial charge in [-0.15, -0.1) is 0 Å². The van der Waals surface area contributed by atoms with E-state index in [-0.39, 0.29) is 0 Å². The van der Waals surface area contributed by atoms with Crippen LogP contribution in [0, 0.1) is 11.8 Å². The zero-order valence-electron chi connectivity index (χ0n) is 14.2. The Morgan fingerprint density at radius 3 is 2.57 bits per heavy atom. The lowest BCUT2D eigenvalue weighted by atomic mass is 9.82. The summed E-state index contributed by atoms with van der Waals surface area (Å²) in [6.45, 7) is 6.23. The molecule has 3 rings (SSSR count). The summed E-state index contributed by atoms with van der Waals surface area (Å²) in [5.74, 6) is 1.99. The van der Waals surface area contributed by atoms with E-state index in [1.54, 1.807) is 0 Å². The summed E-state index contributed by atoms with van der Waals surface area (Å²) in [4.78, 5) is 2.89. The molecule has 2 nitrogen and oxygen atoms in total. The van der Waals surface area contributed by atoms with Gasteiger partial charge in [0.1, 0.15) is 0 Å². The van der Waals surface area contributed by atoms with Crippen LogP contribution in [-0.4, -0.2) is 36.6 Å². The van der Waals surface area contributed by atoms with Crippen molar-refractivity contribution in [2.45, 2.75) is 89.6 Å². The monoisotopic (exact) mass is 292 g/mol. The van der Waals surface area contributed by atoms with Crippen molar-refractivity contribution in [3.8, 4) is 0 Å². The van der Waals surface area contributed by atoms with E-state index in [0.29, 0.717) is 0 Å². The number of nitrogens with one attached hydrogen (secondary N) is 1. The zero-order chi connectivity index (χ0) is 14.5. The van der Waals surface area contributed by atoms with Crippen LogP contribution in [0.2, 0.25) is 0 Å².